The first kappa shape index (κ1) is 13.6. The van der Waals surface area contributed by atoms with E-state index < -0.39 is 0 Å². The topological polar surface area (TPSA) is 23.6 Å². The van der Waals surface area contributed by atoms with Gasteiger partial charge in [0.1, 0.15) is 0 Å². The summed E-state index contributed by atoms with van der Waals surface area (Å²) >= 11 is 3.44. The van der Waals surface area contributed by atoms with Crippen LogP contribution in [0.1, 0.15) is 18.9 Å². The minimum absolute atomic E-state index is 0.276. The van der Waals surface area contributed by atoms with Crippen LogP contribution in [0.5, 0.6) is 0 Å². The van der Waals surface area contributed by atoms with Gasteiger partial charge >= 0.3 is 0 Å². The maximum absolute atomic E-state index is 11.6. The van der Waals surface area contributed by atoms with Gasteiger partial charge in [0.25, 0.3) is 0 Å². The van der Waals surface area contributed by atoms with Crippen LogP contribution in [0.2, 0.25) is 0 Å². The minimum Gasteiger partial charge on any atom is -0.340 e. The molecular weight excluding hydrogens is 292 g/mol. The molecule has 0 aromatic heterocycles. The molecule has 0 unspecified atom stereocenters. The number of carbonyl (C=O) groups is 1. The molecule has 0 saturated carbocycles. The van der Waals surface area contributed by atoms with E-state index in [1.54, 1.807) is 0 Å². The first-order valence-electron chi connectivity index (χ1n) is 6.43. The molecule has 1 aromatic carbocycles. The Balaban J connectivity index is 1.83. The molecule has 1 aromatic rings. The first-order valence-corrected chi connectivity index (χ1v) is 7.23. The number of halogens is 1. The summed E-state index contributed by atoms with van der Waals surface area (Å²) in [6.07, 6.45) is 0.618. The predicted octanol–water partition coefficient (Wildman–Crippen LogP) is 2.50. The smallest absolute Gasteiger partial charge is 0.222 e. The van der Waals surface area contributed by atoms with Crippen LogP contribution < -0.4 is 0 Å². The summed E-state index contributed by atoms with van der Waals surface area (Å²) in [4.78, 5) is 15.9. The first-order chi connectivity index (χ1) is 8.69. The van der Waals surface area contributed by atoms with E-state index in [-0.39, 0.29) is 5.91 Å². The van der Waals surface area contributed by atoms with Gasteiger partial charge < -0.3 is 4.90 Å². The van der Waals surface area contributed by atoms with Gasteiger partial charge in [0, 0.05) is 43.6 Å². The molecule has 0 bridgehead atoms. The van der Waals surface area contributed by atoms with Crippen LogP contribution in [-0.4, -0.2) is 41.9 Å². The number of amides is 1. The van der Waals surface area contributed by atoms with Gasteiger partial charge in [-0.25, -0.2) is 0 Å². The molecule has 1 fully saturated rings. The van der Waals surface area contributed by atoms with E-state index in [0.717, 1.165) is 37.2 Å². The third-order valence-corrected chi connectivity index (χ3v) is 3.88. The molecule has 1 saturated heterocycles. The van der Waals surface area contributed by atoms with Crippen molar-refractivity contribution >= 4 is 21.8 Å². The average Bonchev–Trinajstić information content (AvgIpc) is 2.41. The standard InChI is InChI=1S/C14H19BrN2O/c1-2-14(18)17-9-7-16(8-10-17)11-12-3-5-13(15)6-4-12/h3-6H,2,7-11H2,1H3. The fraction of sp³-hybridized carbons (Fsp3) is 0.500. The molecule has 0 atom stereocenters. The summed E-state index contributed by atoms with van der Waals surface area (Å²) in [5.41, 5.74) is 1.33. The number of hydrogen-bond acceptors (Lipinski definition) is 2. The number of rotatable bonds is 3. The van der Waals surface area contributed by atoms with E-state index in [1.807, 2.05) is 11.8 Å². The molecule has 1 amide bonds. The summed E-state index contributed by atoms with van der Waals surface area (Å²) < 4.78 is 1.12. The fourth-order valence-corrected chi connectivity index (χ4v) is 2.49. The number of carbonyl (C=O) groups excluding carboxylic acids is 1. The molecule has 0 N–H and O–H groups in total. The van der Waals surface area contributed by atoms with Crippen molar-refractivity contribution in [3.63, 3.8) is 0 Å². The van der Waals surface area contributed by atoms with E-state index in [4.69, 9.17) is 0 Å². The SMILES string of the molecule is CCC(=O)N1CCN(Cc2ccc(Br)cc2)CC1. The highest BCUT2D eigenvalue weighted by molar-refractivity contribution is 9.10. The van der Waals surface area contributed by atoms with Crippen molar-refractivity contribution in [3.8, 4) is 0 Å². The number of nitrogens with zero attached hydrogens (tertiary/aromatic N) is 2. The normalized spacial score (nSPS) is 16.9. The van der Waals surface area contributed by atoms with E-state index in [1.165, 1.54) is 5.56 Å². The lowest BCUT2D eigenvalue weighted by molar-refractivity contribution is -0.132. The molecule has 3 nitrogen and oxygen atoms in total. The maximum Gasteiger partial charge on any atom is 0.222 e. The molecular formula is C14H19BrN2O. The van der Waals surface area contributed by atoms with Crippen LogP contribution in [0.15, 0.2) is 28.7 Å². The summed E-state index contributed by atoms with van der Waals surface area (Å²) in [5, 5.41) is 0. The highest BCUT2D eigenvalue weighted by Gasteiger charge is 2.19. The largest absolute Gasteiger partial charge is 0.340 e. The lowest BCUT2D eigenvalue weighted by Crippen LogP contribution is -2.48. The highest BCUT2D eigenvalue weighted by atomic mass is 79.9. The van der Waals surface area contributed by atoms with Crippen molar-refractivity contribution in [2.75, 3.05) is 26.2 Å². The third-order valence-electron chi connectivity index (χ3n) is 3.35. The monoisotopic (exact) mass is 310 g/mol. The molecule has 2 rings (SSSR count). The number of piperazine rings is 1. The summed E-state index contributed by atoms with van der Waals surface area (Å²) in [6, 6.07) is 8.44. The summed E-state index contributed by atoms with van der Waals surface area (Å²) in [7, 11) is 0. The zero-order chi connectivity index (χ0) is 13.0. The van der Waals surface area contributed by atoms with Crippen molar-refractivity contribution in [3.05, 3.63) is 34.3 Å². The average molecular weight is 311 g/mol. The van der Waals surface area contributed by atoms with E-state index in [0.29, 0.717) is 6.42 Å². The molecule has 1 aliphatic heterocycles. The molecule has 98 valence electrons. The Bertz CT molecular complexity index is 397. The van der Waals surface area contributed by atoms with Crippen LogP contribution >= 0.6 is 15.9 Å². The Morgan fingerprint density at radius 1 is 1.17 bits per heavy atom. The Morgan fingerprint density at radius 2 is 1.78 bits per heavy atom. The molecule has 4 heteroatoms. The molecule has 0 aliphatic carbocycles. The van der Waals surface area contributed by atoms with E-state index in [9.17, 15) is 4.79 Å². The number of hydrogen-bond donors (Lipinski definition) is 0. The molecule has 18 heavy (non-hydrogen) atoms. The maximum atomic E-state index is 11.6. The van der Waals surface area contributed by atoms with Crippen molar-refractivity contribution in [2.24, 2.45) is 0 Å². The Kier molecular flexibility index (Phi) is 4.78. The van der Waals surface area contributed by atoms with Crippen molar-refractivity contribution in [2.45, 2.75) is 19.9 Å². The van der Waals surface area contributed by atoms with Crippen molar-refractivity contribution < 1.29 is 4.79 Å². The van der Waals surface area contributed by atoms with Crippen LogP contribution in [-0.2, 0) is 11.3 Å². The summed E-state index contributed by atoms with van der Waals surface area (Å²) in [6.45, 7) is 6.58. The van der Waals surface area contributed by atoms with Gasteiger partial charge in [-0.1, -0.05) is 35.0 Å². The quantitative estimate of drug-likeness (QED) is 0.856. The molecule has 1 heterocycles. The Hall–Kier alpha value is -0.870. The third kappa shape index (κ3) is 3.56. The summed E-state index contributed by atoms with van der Waals surface area (Å²) in [5.74, 6) is 0.276. The van der Waals surface area contributed by atoms with Gasteiger partial charge in [-0.3, -0.25) is 9.69 Å². The van der Waals surface area contributed by atoms with Gasteiger partial charge in [0.05, 0.1) is 0 Å². The Labute approximate surface area is 117 Å². The number of benzene rings is 1. The fourth-order valence-electron chi connectivity index (χ4n) is 2.23. The highest BCUT2D eigenvalue weighted by Crippen LogP contribution is 2.13. The lowest BCUT2D eigenvalue weighted by Gasteiger charge is -2.34. The van der Waals surface area contributed by atoms with Crippen LogP contribution in [0, 0.1) is 0 Å². The predicted molar refractivity (Wildman–Crippen MR) is 76.3 cm³/mol. The second-order valence-electron chi connectivity index (χ2n) is 4.64. The van der Waals surface area contributed by atoms with Crippen molar-refractivity contribution in [1.29, 1.82) is 0 Å². The van der Waals surface area contributed by atoms with Crippen molar-refractivity contribution in [1.82, 2.24) is 9.80 Å². The van der Waals surface area contributed by atoms with Gasteiger partial charge in [-0.05, 0) is 17.7 Å². The van der Waals surface area contributed by atoms with E-state index >= 15 is 0 Å². The molecule has 0 radical (unpaired) electrons. The van der Waals surface area contributed by atoms with Crippen LogP contribution in [0.3, 0.4) is 0 Å². The van der Waals surface area contributed by atoms with Crippen LogP contribution in [0.4, 0.5) is 0 Å². The van der Waals surface area contributed by atoms with Crippen LogP contribution in [0.25, 0.3) is 0 Å². The lowest BCUT2D eigenvalue weighted by atomic mass is 10.2. The van der Waals surface area contributed by atoms with Gasteiger partial charge in [0.15, 0.2) is 0 Å². The van der Waals surface area contributed by atoms with E-state index in [2.05, 4.69) is 45.1 Å². The second-order valence-corrected chi connectivity index (χ2v) is 5.55. The second kappa shape index (κ2) is 6.34. The zero-order valence-electron chi connectivity index (χ0n) is 10.7. The Morgan fingerprint density at radius 3 is 2.33 bits per heavy atom. The minimum atomic E-state index is 0.276. The van der Waals surface area contributed by atoms with Gasteiger partial charge in [-0.15, -0.1) is 0 Å². The molecule has 0 spiro atoms. The van der Waals surface area contributed by atoms with Gasteiger partial charge in [-0.2, -0.15) is 0 Å². The zero-order valence-corrected chi connectivity index (χ0v) is 12.3. The van der Waals surface area contributed by atoms with Gasteiger partial charge in [0.2, 0.25) is 5.91 Å². The molecule has 1 aliphatic rings.